The maximum atomic E-state index is 11.7. The van der Waals surface area contributed by atoms with Crippen molar-refractivity contribution in [1.29, 1.82) is 0 Å². The second kappa shape index (κ2) is 6.60. The molecule has 0 atom stereocenters. The molecule has 7 nitrogen and oxygen atoms in total. The summed E-state index contributed by atoms with van der Waals surface area (Å²) >= 11 is 0. The minimum absolute atomic E-state index is 0.0220. The molecular formula is C12H16N6O. The van der Waals surface area contributed by atoms with Gasteiger partial charge in [-0.1, -0.05) is 19.1 Å². The van der Waals surface area contributed by atoms with Gasteiger partial charge in [-0.15, -0.1) is 10.2 Å². The molecule has 0 radical (unpaired) electrons. The molecule has 0 saturated carbocycles. The van der Waals surface area contributed by atoms with Crippen LogP contribution in [0.4, 0.5) is 5.69 Å². The van der Waals surface area contributed by atoms with Crippen LogP contribution in [0.15, 0.2) is 24.3 Å². The van der Waals surface area contributed by atoms with E-state index in [9.17, 15) is 4.79 Å². The molecule has 0 fully saturated rings. The lowest BCUT2D eigenvalue weighted by atomic mass is 10.2. The molecule has 0 aliphatic heterocycles. The van der Waals surface area contributed by atoms with Gasteiger partial charge in [-0.3, -0.25) is 4.79 Å². The Bertz CT molecular complexity index is 525. The van der Waals surface area contributed by atoms with Crippen LogP contribution in [0.5, 0.6) is 0 Å². The number of carbonyl (C=O) groups excluding carboxylic acids is 1. The first-order valence-corrected chi connectivity index (χ1v) is 6.14. The number of aromatic nitrogens is 4. The van der Waals surface area contributed by atoms with Crippen molar-refractivity contribution in [3.63, 3.8) is 0 Å². The number of anilines is 1. The fourth-order valence-electron chi connectivity index (χ4n) is 1.62. The third-order valence-corrected chi connectivity index (χ3v) is 2.53. The lowest BCUT2D eigenvalue weighted by Gasteiger charge is -2.06. The summed E-state index contributed by atoms with van der Waals surface area (Å²) in [5.74, 6) is 0.481. The average molecular weight is 260 g/mol. The van der Waals surface area contributed by atoms with Crippen molar-refractivity contribution in [3.05, 3.63) is 24.3 Å². The van der Waals surface area contributed by atoms with Crippen molar-refractivity contribution in [2.75, 3.05) is 18.4 Å². The number of nitrogens with zero attached hydrogens (tertiary/aromatic N) is 3. The van der Waals surface area contributed by atoms with Gasteiger partial charge in [-0.05, 0) is 23.9 Å². The smallest absolute Gasteiger partial charge is 0.225 e. The summed E-state index contributed by atoms with van der Waals surface area (Å²) in [5, 5.41) is 19.6. The van der Waals surface area contributed by atoms with Crippen LogP contribution >= 0.6 is 0 Å². The zero-order valence-electron chi connectivity index (χ0n) is 10.7. The molecule has 19 heavy (non-hydrogen) atoms. The molecule has 0 aliphatic rings. The highest BCUT2D eigenvalue weighted by Crippen LogP contribution is 2.18. The Morgan fingerprint density at radius 3 is 3.05 bits per heavy atom. The number of benzene rings is 1. The van der Waals surface area contributed by atoms with E-state index < -0.39 is 0 Å². The van der Waals surface area contributed by atoms with Gasteiger partial charge in [0, 0.05) is 24.2 Å². The van der Waals surface area contributed by atoms with Crippen molar-refractivity contribution < 1.29 is 4.79 Å². The Kier molecular flexibility index (Phi) is 4.57. The van der Waals surface area contributed by atoms with Gasteiger partial charge in [-0.2, -0.15) is 5.21 Å². The van der Waals surface area contributed by atoms with Crippen molar-refractivity contribution in [1.82, 2.24) is 25.9 Å². The van der Waals surface area contributed by atoms with E-state index in [1.165, 1.54) is 0 Å². The molecule has 1 aromatic carbocycles. The van der Waals surface area contributed by atoms with E-state index in [2.05, 4.69) is 31.3 Å². The molecule has 3 N–H and O–H groups in total. The topological polar surface area (TPSA) is 95.6 Å². The molecule has 100 valence electrons. The SMILES string of the molecule is CCNCCC(=O)Nc1cccc(-c2nn[nH]n2)c1. The second-order valence-electron chi connectivity index (χ2n) is 3.97. The van der Waals surface area contributed by atoms with E-state index in [1.807, 2.05) is 31.2 Å². The van der Waals surface area contributed by atoms with Crippen LogP contribution in [0.25, 0.3) is 11.4 Å². The zero-order valence-corrected chi connectivity index (χ0v) is 10.7. The number of carbonyl (C=O) groups is 1. The molecule has 0 saturated heterocycles. The molecule has 0 bridgehead atoms. The first kappa shape index (κ1) is 13.2. The highest BCUT2D eigenvalue weighted by atomic mass is 16.1. The van der Waals surface area contributed by atoms with E-state index in [4.69, 9.17) is 0 Å². The summed E-state index contributed by atoms with van der Waals surface area (Å²) in [6.07, 6.45) is 0.445. The van der Waals surface area contributed by atoms with Crippen molar-refractivity contribution in [2.45, 2.75) is 13.3 Å². The standard InChI is InChI=1S/C12H16N6O/c1-2-13-7-6-11(19)14-10-5-3-4-9(8-10)12-15-17-18-16-12/h3-5,8,13H,2,6-7H2,1H3,(H,14,19)(H,15,16,17,18). The number of rotatable bonds is 6. The summed E-state index contributed by atoms with van der Waals surface area (Å²) in [6, 6.07) is 7.34. The monoisotopic (exact) mass is 260 g/mol. The number of H-pyrrole nitrogens is 1. The van der Waals surface area contributed by atoms with Gasteiger partial charge < -0.3 is 10.6 Å². The number of amides is 1. The Morgan fingerprint density at radius 1 is 1.42 bits per heavy atom. The van der Waals surface area contributed by atoms with Gasteiger partial charge in [0.15, 0.2) is 0 Å². The van der Waals surface area contributed by atoms with Crippen LogP contribution in [-0.2, 0) is 4.79 Å². The molecule has 0 unspecified atom stereocenters. The summed E-state index contributed by atoms with van der Waals surface area (Å²) in [4.78, 5) is 11.7. The predicted octanol–water partition coefficient (Wildman–Crippen LogP) is 0.805. The predicted molar refractivity (Wildman–Crippen MR) is 71.4 cm³/mol. The second-order valence-corrected chi connectivity index (χ2v) is 3.97. The van der Waals surface area contributed by atoms with Gasteiger partial charge in [0.2, 0.25) is 11.7 Å². The number of hydrogen-bond donors (Lipinski definition) is 3. The molecular weight excluding hydrogens is 244 g/mol. The highest BCUT2D eigenvalue weighted by Gasteiger charge is 2.05. The van der Waals surface area contributed by atoms with Crippen LogP contribution in [0.1, 0.15) is 13.3 Å². The lowest BCUT2D eigenvalue weighted by molar-refractivity contribution is -0.116. The van der Waals surface area contributed by atoms with Crippen LogP contribution in [0, 0.1) is 0 Å². The Hall–Kier alpha value is -2.28. The summed E-state index contributed by atoms with van der Waals surface area (Å²) in [7, 11) is 0. The average Bonchev–Trinajstić information content (AvgIpc) is 2.93. The summed E-state index contributed by atoms with van der Waals surface area (Å²) < 4.78 is 0. The fourth-order valence-corrected chi connectivity index (χ4v) is 1.62. The molecule has 0 aliphatic carbocycles. The van der Waals surface area contributed by atoms with E-state index in [0.29, 0.717) is 18.8 Å². The van der Waals surface area contributed by atoms with E-state index in [0.717, 1.165) is 17.8 Å². The van der Waals surface area contributed by atoms with Gasteiger partial charge in [0.05, 0.1) is 0 Å². The summed E-state index contributed by atoms with van der Waals surface area (Å²) in [5.41, 5.74) is 1.53. The van der Waals surface area contributed by atoms with Gasteiger partial charge >= 0.3 is 0 Å². The minimum atomic E-state index is -0.0220. The third kappa shape index (κ3) is 3.85. The molecule has 1 heterocycles. The number of tetrazole rings is 1. The number of hydrogen-bond acceptors (Lipinski definition) is 5. The zero-order chi connectivity index (χ0) is 13.5. The lowest BCUT2D eigenvalue weighted by Crippen LogP contribution is -2.21. The Labute approximate surface area is 110 Å². The molecule has 0 spiro atoms. The highest BCUT2D eigenvalue weighted by molar-refractivity contribution is 5.91. The van der Waals surface area contributed by atoms with Gasteiger partial charge in [-0.25, -0.2) is 0 Å². The largest absolute Gasteiger partial charge is 0.326 e. The molecule has 7 heteroatoms. The van der Waals surface area contributed by atoms with Crippen LogP contribution in [-0.4, -0.2) is 39.6 Å². The Balaban J connectivity index is 1.97. The maximum absolute atomic E-state index is 11.7. The van der Waals surface area contributed by atoms with Gasteiger partial charge in [0.1, 0.15) is 0 Å². The molecule has 2 rings (SSSR count). The normalized spacial score (nSPS) is 10.4. The van der Waals surface area contributed by atoms with Crippen LogP contribution < -0.4 is 10.6 Å². The fraction of sp³-hybridized carbons (Fsp3) is 0.333. The quantitative estimate of drug-likeness (QED) is 0.668. The van der Waals surface area contributed by atoms with Crippen LogP contribution in [0.3, 0.4) is 0 Å². The summed E-state index contributed by atoms with van der Waals surface area (Å²) in [6.45, 7) is 3.54. The minimum Gasteiger partial charge on any atom is -0.326 e. The molecule has 2 aromatic rings. The van der Waals surface area contributed by atoms with E-state index in [1.54, 1.807) is 0 Å². The van der Waals surface area contributed by atoms with Crippen molar-refractivity contribution >= 4 is 11.6 Å². The first-order chi connectivity index (χ1) is 9.29. The van der Waals surface area contributed by atoms with Crippen molar-refractivity contribution in [3.8, 4) is 11.4 Å². The van der Waals surface area contributed by atoms with Crippen molar-refractivity contribution in [2.24, 2.45) is 0 Å². The third-order valence-electron chi connectivity index (χ3n) is 2.53. The first-order valence-electron chi connectivity index (χ1n) is 6.14. The Morgan fingerprint density at radius 2 is 2.32 bits per heavy atom. The van der Waals surface area contributed by atoms with Gasteiger partial charge in [0.25, 0.3) is 0 Å². The van der Waals surface area contributed by atoms with E-state index >= 15 is 0 Å². The molecule has 1 aromatic heterocycles. The molecule has 1 amide bonds. The van der Waals surface area contributed by atoms with Crippen LogP contribution in [0.2, 0.25) is 0 Å². The van der Waals surface area contributed by atoms with E-state index in [-0.39, 0.29) is 5.91 Å². The number of nitrogens with one attached hydrogen (secondary N) is 3. The maximum Gasteiger partial charge on any atom is 0.225 e. The number of aromatic amines is 1.